The fourth-order valence-electron chi connectivity index (χ4n) is 2.32. The first-order valence-corrected chi connectivity index (χ1v) is 9.01. The second-order valence-electron chi connectivity index (χ2n) is 5.52. The Labute approximate surface area is 144 Å². The van der Waals surface area contributed by atoms with E-state index in [1.807, 2.05) is 0 Å². The molecule has 0 unspecified atom stereocenters. The number of hydrogen-bond acceptors (Lipinski definition) is 6. The van der Waals surface area contributed by atoms with Gasteiger partial charge >= 0.3 is 18.7 Å². The van der Waals surface area contributed by atoms with Crippen molar-refractivity contribution in [1.82, 2.24) is 14.9 Å². The number of nitrogens with zero attached hydrogens (tertiary/aromatic N) is 2. The first-order chi connectivity index (χ1) is 12.0. The molecular formula is C13H15N4O8P. The highest BCUT2D eigenvalue weighted by Gasteiger charge is 2.20. The molecule has 0 aliphatic heterocycles. The zero-order chi connectivity index (χ0) is 19.6. The van der Waals surface area contributed by atoms with Crippen molar-refractivity contribution in [2.75, 3.05) is 12.7 Å². The van der Waals surface area contributed by atoms with Crippen molar-refractivity contribution in [2.24, 2.45) is 0 Å². The van der Waals surface area contributed by atoms with Crippen LogP contribution in [0.5, 0.6) is 0 Å². The van der Waals surface area contributed by atoms with Gasteiger partial charge in [-0.2, -0.15) is 0 Å². The molecule has 26 heavy (non-hydrogen) atoms. The maximum atomic E-state index is 11.8. The van der Waals surface area contributed by atoms with Gasteiger partial charge in [0.2, 0.25) is 5.91 Å². The predicted molar refractivity (Wildman–Crippen MR) is 89.8 cm³/mol. The van der Waals surface area contributed by atoms with Gasteiger partial charge < -0.3 is 24.7 Å². The number of nitro benzene ring substituents is 1. The molecule has 1 aromatic carbocycles. The summed E-state index contributed by atoms with van der Waals surface area (Å²) < 4.78 is 11.0. The topological polar surface area (TPSA) is 187 Å². The van der Waals surface area contributed by atoms with E-state index in [0.29, 0.717) is 0 Å². The number of H-pyrrole nitrogens is 2. The lowest BCUT2D eigenvalue weighted by Crippen LogP contribution is -2.32. The molecule has 140 valence electrons. The third-order valence-corrected chi connectivity index (χ3v) is 4.36. The van der Waals surface area contributed by atoms with E-state index in [9.17, 15) is 29.1 Å². The van der Waals surface area contributed by atoms with E-state index in [0.717, 1.165) is 17.0 Å². The molecule has 13 heteroatoms. The van der Waals surface area contributed by atoms with Crippen LogP contribution in [0, 0.1) is 10.1 Å². The second kappa shape index (κ2) is 7.20. The third kappa shape index (κ3) is 4.63. The summed E-state index contributed by atoms with van der Waals surface area (Å²) in [7, 11) is -4.36. The molecule has 0 spiro atoms. The van der Waals surface area contributed by atoms with Crippen LogP contribution in [0.25, 0.3) is 11.0 Å². The number of non-ortho nitro benzene ring substituents is 1. The van der Waals surface area contributed by atoms with Crippen LogP contribution in [-0.2, 0) is 15.9 Å². The van der Waals surface area contributed by atoms with Gasteiger partial charge in [-0.1, -0.05) is 0 Å². The molecule has 12 nitrogen and oxygen atoms in total. The average molecular weight is 386 g/mol. The van der Waals surface area contributed by atoms with E-state index in [1.165, 1.54) is 6.92 Å². The number of rotatable bonds is 6. The standard InChI is InChI=1S/C13H15N4O8P/c1-7(18)16(2-3-26(23,24)25)6-8-4-9(17(21)22)5-10-11(8)15-13(20)12(19)14-10/h4-5H,2-3,6H2,1H3,(H,14,19)(H,15,20)(H2,23,24,25). The van der Waals surface area contributed by atoms with E-state index in [-0.39, 0.29) is 35.4 Å². The van der Waals surface area contributed by atoms with Crippen molar-refractivity contribution < 1.29 is 24.1 Å². The van der Waals surface area contributed by atoms with Gasteiger partial charge in [-0.3, -0.25) is 29.1 Å². The van der Waals surface area contributed by atoms with Crippen molar-refractivity contribution in [3.05, 3.63) is 48.5 Å². The smallest absolute Gasteiger partial charge is 0.327 e. The molecule has 0 aliphatic rings. The zero-order valence-electron chi connectivity index (χ0n) is 13.5. The molecule has 4 N–H and O–H groups in total. The van der Waals surface area contributed by atoms with Gasteiger partial charge in [-0.05, 0) is 0 Å². The molecule has 0 bridgehead atoms. The Hall–Kier alpha value is -2.82. The summed E-state index contributed by atoms with van der Waals surface area (Å²) in [6, 6.07) is 2.17. The molecule has 0 atom stereocenters. The SMILES string of the molecule is CC(=O)N(CCP(=O)(O)O)Cc1cc([N+](=O)[O-])cc2[nH]c(=O)c(=O)[nH]c12. The first-order valence-electron chi connectivity index (χ1n) is 7.21. The number of aromatic amines is 2. The molecule has 2 aromatic rings. The molecule has 1 aromatic heterocycles. The Morgan fingerprint density at radius 2 is 1.88 bits per heavy atom. The zero-order valence-corrected chi connectivity index (χ0v) is 14.4. The van der Waals surface area contributed by atoms with Gasteiger partial charge in [0.1, 0.15) is 0 Å². The van der Waals surface area contributed by atoms with Gasteiger partial charge in [0, 0.05) is 37.7 Å². The number of carbonyl (C=O) groups is 1. The number of fused-ring (bicyclic) bond motifs is 1. The Kier molecular flexibility index (Phi) is 5.40. The normalized spacial score (nSPS) is 11.5. The molecule has 0 aliphatic carbocycles. The van der Waals surface area contributed by atoms with Crippen molar-refractivity contribution in [1.29, 1.82) is 0 Å². The molecule has 2 rings (SSSR count). The number of nitro groups is 1. The summed E-state index contributed by atoms with van der Waals surface area (Å²) >= 11 is 0. The maximum Gasteiger partial charge on any atom is 0.327 e. The fraction of sp³-hybridized carbons (Fsp3) is 0.308. The van der Waals surface area contributed by atoms with Crippen LogP contribution in [-0.4, -0.2) is 48.2 Å². The van der Waals surface area contributed by atoms with E-state index >= 15 is 0 Å². The number of nitrogens with one attached hydrogen (secondary N) is 2. The van der Waals surface area contributed by atoms with Gasteiger partial charge in [-0.15, -0.1) is 0 Å². The Morgan fingerprint density at radius 1 is 1.27 bits per heavy atom. The van der Waals surface area contributed by atoms with Crippen LogP contribution < -0.4 is 11.1 Å². The summed E-state index contributed by atoms with van der Waals surface area (Å²) in [5, 5.41) is 11.1. The minimum Gasteiger partial charge on any atom is -0.338 e. The largest absolute Gasteiger partial charge is 0.338 e. The van der Waals surface area contributed by atoms with E-state index in [2.05, 4.69) is 9.97 Å². The minimum atomic E-state index is -4.36. The third-order valence-electron chi connectivity index (χ3n) is 3.58. The number of hydrogen-bond donors (Lipinski definition) is 4. The summed E-state index contributed by atoms with van der Waals surface area (Å²) in [5.74, 6) is -0.523. The molecule has 1 heterocycles. The molecule has 0 saturated carbocycles. The predicted octanol–water partition coefficient (Wildman–Crippen LogP) is -0.349. The number of benzene rings is 1. The van der Waals surface area contributed by atoms with Crippen molar-refractivity contribution in [3.63, 3.8) is 0 Å². The number of carbonyl (C=O) groups excluding carboxylic acids is 1. The lowest BCUT2D eigenvalue weighted by molar-refractivity contribution is -0.384. The summed E-state index contributed by atoms with van der Waals surface area (Å²) in [6.07, 6.45) is -0.590. The van der Waals surface area contributed by atoms with E-state index in [4.69, 9.17) is 9.79 Å². The van der Waals surface area contributed by atoms with Crippen molar-refractivity contribution in [2.45, 2.75) is 13.5 Å². The van der Waals surface area contributed by atoms with E-state index in [1.54, 1.807) is 0 Å². The van der Waals surface area contributed by atoms with E-state index < -0.39 is 35.7 Å². The van der Waals surface area contributed by atoms with Gasteiger partial charge in [0.15, 0.2) is 0 Å². The summed E-state index contributed by atoms with van der Waals surface area (Å²) in [5.41, 5.74) is -2.12. The average Bonchev–Trinajstić information content (AvgIpc) is 2.51. The van der Waals surface area contributed by atoms with Crippen LogP contribution >= 0.6 is 7.60 Å². The maximum absolute atomic E-state index is 11.8. The Bertz CT molecular complexity index is 1040. The highest BCUT2D eigenvalue weighted by molar-refractivity contribution is 7.51. The Morgan fingerprint density at radius 3 is 2.42 bits per heavy atom. The molecule has 1 amide bonds. The van der Waals surface area contributed by atoms with Gasteiger partial charge in [-0.25, -0.2) is 0 Å². The monoisotopic (exact) mass is 386 g/mol. The molecular weight excluding hydrogens is 371 g/mol. The van der Waals surface area contributed by atoms with Crippen LogP contribution in [0.15, 0.2) is 21.7 Å². The fourth-order valence-corrected chi connectivity index (χ4v) is 2.82. The first kappa shape index (κ1) is 19.5. The summed E-state index contributed by atoms with van der Waals surface area (Å²) in [4.78, 5) is 68.7. The van der Waals surface area contributed by atoms with Crippen molar-refractivity contribution in [3.8, 4) is 0 Å². The van der Waals surface area contributed by atoms with Crippen LogP contribution in [0.4, 0.5) is 5.69 Å². The van der Waals surface area contributed by atoms with Gasteiger partial charge in [0.25, 0.3) is 5.69 Å². The molecule has 0 saturated heterocycles. The lowest BCUT2D eigenvalue weighted by Gasteiger charge is -2.22. The van der Waals surface area contributed by atoms with Crippen LogP contribution in [0.2, 0.25) is 0 Å². The highest BCUT2D eigenvalue weighted by atomic mass is 31.2. The quantitative estimate of drug-likeness (QED) is 0.224. The molecule has 0 radical (unpaired) electrons. The Balaban J connectivity index is 2.54. The second-order valence-corrected chi connectivity index (χ2v) is 7.30. The number of amides is 1. The van der Waals surface area contributed by atoms with Crippen LogP contribution in [0.1, 0.15) is 12.5 Å². The number of aromatic nitrogens is 2. The highest BCUT2D eigenvalue weighted by Crippen LogP contribution is 2.34. The summed E-state index contributed by atoms with van der Waals surface area (Å²) in [6.45, 7) is 0.622. The minimum absolute atomic E-state index is 0.00251. The lowest BCUT2D eigenvalue weighted by atomic mass is 10.1. The van der Waals surface area contributed by atoms with Crippen molar-refractivity contribution >= 4 is 30.2 Å². The van der Waals surface area contributed by atoms with Gasteiger partial charge in [0.05, 0.1) is 22.1 Å². The van der Waals surface area contributed by atoms with Crippen LogP contribution in [0.3, 0.4) is 0 Å². The molecule has 0 fully saturated rings.